The Hall–Kier alpha value is -1.09. The van der Waals surface area contributed by atoms with E-state index in [1.54, 1.807) is 18.7 Å². The fourth-order valence-corrected chi connectivity index (χ4v) is 3.15. The molecule has 0 spiro atoms. The number of aliphatic carboxylic acids is 1. The summed E-state index contributed by atoms with van der Waals surface area (Å²) in [5.74, 6) is -1.03. The van der Waals surface area contributed by atoms with Gasteiger partial charge in [-0.3, -0.25) is 4.79 Å². The summed E-state index contributed by atoms with van der Waals surface area (Å²) in [5.41, 5.74) is 0.850. The molecule has 0 aliphatic carbocycles. The molecule has 0 radical (unpaired) electrons. The molecule has 21 heavy (non-hydrogen) atoms. The minimum atomic E-state index is -3.70. The average Bonchev–Trinajstić information content (AvgIpc) is 2.44. The van der Waals surface area contributed by atoms with Crippen molar-refractivity contribution < 1.29 is 18.3 Å². The van der Waals surface area contributed by atoms with Crippen molar-refractivity contribution >= 4 is 27.9 Å². The maximum atomic E-state index is 12.1. The summed E-state index contributed by atoms with van der Waals surface area (Å²) in [6.45, 7) is 1.68. The molecule has 0 saturated heterocycles. The number of benzene rings is 1. The Morgan fingerprint density at radius 1 is 1.38 bits per heavy atom. The number of thioether (sulfide) groups is 1. The van der Waals surface area contributed by atoms with Crippen molar-refractivity contribution in [1.82, 2.24) is 9.03 Å². The molecule has 0 aromatic heterocycles. The number of hydrogen-bond acceptors (Lipinski definition) is 4. The molecule has 118 valence electrons. The number of hydrogen-bond donors (Lipinski definition) is 2. The van der Waals surface area contributed by atoms with Crippen molar-refractivity contribution in [3.05, 3.63) is 29.8 Å². The molecule has 0 fully saturated rings. The van der Waals surface area contributed by atoms with Crippen LogP contribution in [0.4, 0.5) is 0 Å². The summed E-state index contributed by atoms with van der Waals surface area (Å²) in [5, 5.41) is 8.59. The van der Waals surface area contributed by atoms with E-state index in [9.17, 15) is 13.2 Å². The van der Waals surface area contributed by atoms with E-state index < -0.39 is 22.2 Å². The maximum absolute atomic E-state index is 12.1. The van der Waals surface area contributed by atoms with Gasteiger partial charge in [0.15, 0.2) is 0 Å². The number of rotatable bonds is 8. The molecule has 0 heterocycles. The maximum Gasteiger partial charge on any atom is 0.304 e. The highest BCUT2D eigenvalue weighted by Crippen LogP contribution is 2.19. The first-order chi connectivity index (χ1) is 9.76. The fraction of sp³-hybridized carbons (Fsp3) is 0.462. The van der Waals surface area contributed by atoms with E-state index in [2.05, 4.69) is 4.72 Å². The van der Waals surface area contributed by atoms with Gasteiger partial charge < -0.3 is 5.11 Å². The largest absolute Gasteiger partial charge is 0.481 e. The molecule has 0 saturated carbocycles. The molecule has 0 bridgehead atoms. The Balaban J connectivity index is 2.70. The summed E-state index contributed by atoms with van der Waals surface area (Å²) in [6, 6.07) is 7.21. The van der Waals surface area contributed by atoms with Gasteiger partial charge in [0, 0.05) is 24.5 Å². The first-order valence-electron chi connectivity index (χ1n) is 6.35. The summed E-state index contributed by atoms with van der Waals surface area (Å²) in [7, 11) is -2.35. The van der Waals surface area contributed by atoms with Crippen molar-refractivity contribution in [1.29, 1.82) is 0 Å². The van der Waals surface area contributed by atoms with Gasteiger partial charge in [0.1, 0.15) is 0 Å². The van der Waals surface area contributed by atoms with Crippen LogP contribution < -0.4 is 4.72 Å². The van der Waals surface area contributed by atoms with Gasteiger partial charge in [-0.15, -0.1) is 11.8 Å². The van der Waals surface area contributed by atoms with Crippen LogP contribution in [0.5, 0.6) is 0 Å². The molecule has 0 aliphatic rings. The van der Waals surface area contributed by atoms with Gasteiger partial charge in [-0.05, 0) is 30.9 Å². The molecule has 1 aromatic carbocycles. The summed E-state index contributed by atoms with van der Waals surface area (Å²) in [6.07, 6.45) is 1.74. The molecule has 8 heteroatoms. The predicted molar refractivity (Wildman–Crippen MR) is 83.6 cm³/mol. The lowest BCUT2D eigenvalue weighted by atomic mass is 10.1. The Morgan fingerprint density at radius 2 is 1.95 bits per heavy atom. The first-order valence-corrected chi connectivity index (χ1v) is 9.02. The second kappa shape index (κ2) is 7.79. The molecule has 1 rings (SSSR count). The minimum absolute atomic E-state index is 0.0667. The highest BCUT2D eigenvalue weighted by atomic mass is 32.2. The zero-order valence-corrected chi connectivity index (χ0v) is 13.9. The summed E-state index contributed by atoms with van der Waals surface area (Å²) >= 11 is 1.61. The molecule has 1 aromatic rings. The normalized spacial score (nSPS) is 13.3. The van der Waals surface area contributed by atoms with Crippen molar-refractivity contribution in [2.45, 2.75) is 24.3 Å². The summed E-state index contributed by atoms with van der Waals surface area (Å²) < 4.78 is 27.7. The van der Waals surface area contributed by atoms with E-state index in [1.807, 2.05) is 30.5 Å². The Morgan fingerprint density at radius 3 is 2.43 bits per heavy atom. The Bertz CT molecular complexity index is 572. The van der Waals surface area contributed by atoms with Gasteiger partial charge >= 0.3 is 5.97 Å². The zero-order chi connectivity index (χ0) is 16.0. The van der Waals surface area contributed by atoms with Crippen molar-refractivity contribution in [3.8, 4) is 0 Å². The number of nitrogens with zero attached hydrogens (tertiary/aromatic N) is 1. The SMILES string of the molecule is CSc1ccc(C(C)NS(=O)(=O)N(C)CCC(=O)O)cc1. The predicted octanol–water partition coefficient (Wildman–Crippen LogP) is 1.71. The molecular formula is C13H20N2O4S2. The van der Waals surface area contributed by atoms with Crippen LogP contribution in [0.3, 0.4) is 0 Å². The average molecular weight is 332 g/mol. The standard InChI is InChI=1S/C13H20N2O4S2/c1-10(11-4-6-12(20-3)7-5-11)14-21(18,19)15(2)9-8-13(16)17/h4-7,10,14H,8-9H2,1-3H3,(H,16,17). The van der Waals surface area contributed by atoms with Crippen LogP contribution in [0.25, 0.3) is 0 Å². The Kier molecular flexibility index (Phi) is 6.66. The second-order valence-electron chi connectivity index (χ2n) is 4.58. The van der Waals surface area contributed by atoms with E-state index in [-0.39, 0.29) is 13.0 Å². The highest BCUT2D eigenvalue weighted by molar-refractivity contribution is 7.98. The molecule has 0 amide bonds. The van der Waals surface area contributed by atoms with E-state index >= 15 is 0 Å². The van der Waals surface area contributed by atoms with Crippen LogP contribution in [0, 0.1) is 0 Å². The van der Waals surface area contributed by atoms with E-state index in [0.717, 1.165) is 14.8 Å². The van der Waals surface area contributed by atoms with E-state index in [1.165, 1.54) is 7.05 Å². The van der Waals surface area contributed by atoms with E-state index in [0.29, 0.717) is 0 Å². The van der Waals surface area contributed by atoms with Crippen molar-refractivity contribution in [2.24, 2.45) is 0 Å². The first kappa shape index (κ1) is 18.0. The summed E-state index contributed by atoms with van der Waals surface area (Å²) in [4.78, 5) is 11.6. The molecule has 2 N–H and O–H groups in total. The smallest absolute Gasteiger partial charge is 0.304 e. The lowest BCUT2D eigenvalue weighted by molar-refractivity contribution is -0.137. The van der Waals surface area contributed by atoms with Crippen LogP contribution in [-0.4, -0.2) is 43.6 Å². The minimum Gasteiger partial charge on any atom is -0.481 e. The zero-order valence-electron chi connectivity index (χ0n) is 12.2. The highest BCUT2D eigenvalue weighted by Gasteiger charge is 2.21. The van der Waals surface area contributed by atoms with Crippen LogP contribution >= 0.6 is 11.8 Å². The van der Waals surface area contributed by atoms with Gasteiger partial charge in [-0.1, -0.05) is 12.1 Å². The van der Waals surface area contributed by atoms with Crippen LogP contribution in [0.1, 0.15) is 24.9 Å². The fourth-order valence-electron chi connectivity index (χ4n) is 1.65. The Labute approximate surface area is 129 Å². The van der Waals surface area contributed by atoms with Gasteiger partial charge in [0.05, 0.1) is 6.42 Å². The molecule has 0 aliphatic heterocycles. The van der Waals surface area contributed by atoms with Gasteiger partial charge in [0.2, 0.25) is 0 Å². The monoisotopic (exact) mass is 332 g/mol. The van der Waals surface area contributed by atoms with Crippen LogP contribution in [0.2, 0.25) is 0 Å². The molecule has 1 atom stereocenters. The number of carboxylic acids is 1. The quantitative estimate of drug-likeness (QED) is 0.708. The van der Waals surface area contributed by atoms with Crippen molar-refractivity contribution in [2.75, 3.05) is 19.8 Å². The molecular weight excluding hydrogens is 312 g/mol. The number of carboxylic acid groups (broad SMARTS) is 1. The third-order valence-corrected chi connectivity index (χ3v) is 5.39. The second-order valence-corrected chi connectivity index (χ2v) is 7.27. The third kappa shape index (κ3) is 5.66. The lowest BCUT2D eigenvalue weighted by Gasteiger charge is -2.21. The van der Waals surface area contributed by atoms with E-state index in [4.69, 9.17) is 5.11 Å². The van der Waals surface area contributed by atoms with Gasteiger partial charge in [0.25, 0.3) is 10.2 Å². The number of carbonyl (C=O) groups is 1. The lowest BCUT2D eigenvalue weighted by Crippen LogP contribution is -2.40. The van der Waals surface area contributed by atoms with Crippen LogP contribution in [-0.2, 0) is 15.0 Å². The topological polar surface area (TPSA) is 86.7 Å². The van der Waals surface area contributed by atoms with Gasteiger partial charge in [-0.2, -0.15) is 17.4 Å². The van der Waals surface area contributed by atoms with Gasteiger partial charge in [-0.25, -0.2) is 0 Å². The molecule has 1 unspecified atom stereocenters. The third-order valence-electron chi connectivity index (χ3n) is 2.99. The number of nitrogens with one attached hydrogen (secondary N) is 1. The van der Waals surface area contributed by atoms with Crippen LogP contribution in [0.15, 0.2) is 29.2 Å². The molecule has 6 nitrogen and oxygen atoms in total. The van der Waals surface area contributed by atoms with Crippen molar-refractivity contribution in [3.63, 3.8) is 0 Å².